The molecule has 0 amide bonds. The average molecular weight is 234 g/mol. The zero-order valence-electron chi connectivity index (χ0n) is 10.7. The molecule has 1 fully saturated rings. The minimum atomic E-state index is -0.0175. The highest BCUT2D eigenvalue weighted by Crippen LogP contribution is 2.49. The van der Waals surface area contributed by atoms with Crippen molar-refractivity contribution in [3.63, 3.8) is 0 Å². The molecular formula is C14H22N2O. The van der Waals surface area contributed by atoms with Gasteiger partial charge in [0.15, 0.2) is 0 Å². The monoisotopic (exact) mass is 234 g/mol. The summed E-state index contributed by atoms with van der Waals surface area (Å²) in [6.45, 7) is 2.73. The first-order valence-corrected chi connectivity index (χ1v) is 6.23. The Hall–Kier alpha value is -1.06. The summed E-state index contributed by atoms with van der Waals surface area (Å²) >= 11 is 0. The number of nitrogens with two attached hydrogens (primary N) is 2. The summed E-state index contributed by atoms with van der Waals surface area (Å²) < 4.78 is 5.41. The van der Waals surface area contributed by atoms with Crippen LogP contribution in [0.3, 0.4) is 0 Å². The van der Waals surface area contributed by atoms with Gasteiger partial charge in [-0.15, -0.1) is 0 Å². The summed E-state index contributed by atoms with van der Waals surface area (Å²) in [7, 11) is 1.69. The molecule has 1 atom stereocenters. The van der Waals surface area contributed by atoms with Crippen LogP contribution in [0.5, 0.6) is 5.75 Å². The molecule has 1 aliphatic carbocycles. The minimum Gasteiger partial charge on any atom is -0.496 e. The van der Waals surface area contributed by atoms with Crippen molar-refractivity contribution in [1.82, 2.24) is 0 Å². The Kier molecular flexibility index (Phi) is 3.40. The summed E-state index contributed by atoms with van der Waals surface area (Å²) in [5, 5.41) is 0. The highest BCUT2D eigenvalue weighted by molar-refractivity contribution is 5.40. The fraction of sp³-hybridized carbons (Fsp3) is 0.571. The first-order chi connectivity index (χ1) is 8.13. The highest BCUT2D eigenvalue weighted by Gasteiger charge is 2.42. The van der Waals surface area contributed by atoms with Gasteiger partial charge < -0.3 is 16.2 Å². The molecule has 1 saturated carbocycles. The van der Waals surface area contributed by atoms with Gasteiger partial charge in [-0.3, -0.25) is 0 Å². The molecule has 1 unspecified atom stereocenters. The molecule has 0 radical (unpaired) electrons. The van der Waals surface area contributed by atoms with Crippen LogP contribution in [0.1, 0.15) is 36.4 Å². The Bertz CT molecular complexity index is 394. The molecule has 17 heavy (non-hydrogen) atoms. The Balaban J connectivity index is 2.35. The van der Waals surface area contributed by atoms with Crippen LogP contribution in [0.2, 0.25) is 0 Å². The van der Waals surface area contributed by atoms with Crippen LogP contribution in [0.15, 0.2) is 18.2 Å². The lowest BCUT2D eigenvalue weighted by Crippen LogP contribution is -2.46. The number of benzene rings is 1. The molecule has 0 saturated heterocycles. The lowest BCUT2D eigenvalue weighted by atomic mass is 9.62. The van der Waals surface area contributed by atoms with Crippen molar-refractivity contribution >= 4 is 0 Å². The summed E-state index contributed by atoms with van der Waals surface area (Å²) in [5.74, 6) is 0.878. The molecule has 0 aromatic heterocycles. The quantitative estimate of drug-likeness (QED) is 0.839. The van der Waals surface area contributed by atoms with Gasteiger partial charge >= 0.3 is 0 Å². The van der Waals surface area contributed by atoms with Gasteiger partial charge in [0.05, 0.1) is 7.11 Å². The van der Waals surface area contributed by atoms with E-state index in [-0.39, 0.29) is 11.5 Å². The Labute approximate surface area is 103 Å². The fourth-order valence-electron chi connectivity index (χ4n) is 2.70. The van der Waals surface area contributed by atoms with Gasteiger partial charge in [0.1, 0.15) is 5.75 Å². The number of methoxy groups -OCH3 is 1. The second kappa shape index (κ2) is 4.67. The molecule has 0 bridgehead atoms. The van der Waals surface area contributed by atoms with Crippen molar-refractivity contribution in [3.05, 3.63) is 29.3 Å². The second-order valence-corrected chi connectivity index (χ2v) is 5.14. The lowest BCUT2D eigenvalue weighted by Gasteiger charge is -2.46. The van der Waals surface area contributed by atoms with E-state index in [1.54, 1.807) is 7.11 Å². The molecular weight excluding hydrogens is 212 g/mol. The predicted octanol–water partition coefficient (Wildman–Crippen LogP) is 2.13. The fourth-order valence-corrected chi connectivity index (χ4v) is 2.70. The van der Waals surface area contributed by atoms with Crippen LogP contribution in [0, 0.1) is 12.3 Å². The maximum atomic E-state index is 6.43. The van der Waals surface area contributed by atoms with Gasteiger partial charge in [-0.25, -0.2) is 0 Å². The van der Waals surface area contributed by atoms with Gasteiger partial charge in [-0.2, -0.15) is 0 Å². The maximum Gasteiger partial charge on any atom is 0.123 e. The van der Waals surface area contributed by atoms with Crippen molar-refractivity contribution in [2.24, 2.45) is 16.9 Å². The van der Waals surface area contributed by atoms with E-state index in [0.29, 0.717) is 6.54 Å². The summed E-state index contributed by atoms with van der Waals surface area (Å²) in [6, 6.07) is 6.15. The largest absolute Gasteiger partial charge is 0.496 e. The molecule has 2 rings (SSSR count). The SMILES string of the molecule is COc1ccc(C)cc1C(N)C1(CN)CCC1. The molecule has 0 spiro atoms. The molecule has 1 aromatic rings. The van der Waals surface area contributed by atoms with Gasteiger partial charge in [0.2, 0.25) is 0 Å². The first kappa shape index (κ1) is 12.4. The lowest BCUT2D eigenvalue weighted by molar-refractivity contribution is 0.103. The van der Waals surface area contributed by atoms with Crippen LogP contribution in [0.25, 0.3) is 0 Å². The normalized spacial score (nSPS) is 19.5. The maximum absolute atomic E-state index is 6.43. The molecule has 4 N–H and O–H groups in total. The van der Waals surface area contributed by atoms with Gasteiger partial charge in [-0.1, -0.05) is 24.1 Å². The van der Waals surface area contributed by atoms with Crippen LogP contribution in [-0.4, -0.2) is 13.7 Å². The predicted molar refractivity (Wildman–Crippen MR) is 70.0 cm³/mol. The van der Waals surface area contributed by atoms with Crippen molar-refractivity contribution in [1.29, 1.82) is 0 Å². The Morgan fingerprint density at radius 2 is 2.12 bits per heavy atom. The topological polar surface area (TPSA) is 61.3 Å². The van der Waals surface area contributed by atoms with Crippen LogP contribution >= 0.6 is 0 Å². The van der Waals surface area contributed by atoms with Crippen molar-refractivity contribution < 1.29 is 4.74 Å². The second-order valence-electron chi connectivity index (χ2n) is 5.14. The molecule has 0 heterocycles. The summed E-state index contributed by atoms with van der Waals surface area (Å²) in [5.41, 5.74) is 14.7. The Morgan fingerprint density at radius 1 is 1.41 bits per heavy atom. The van der Waals surface area contributed by atoms with E-state index >= 15 is 0 Å². The first-order valence-electron chi connectivity index (χ1n) is 6.23. The van der Waals surface area contributed by atoms with E-state index in [2.05, 4.69) is 13.0 Å². The van der Waals surface area contributed by atoms with E-state index in [9.17, 15) is 0 Å². The Morgan fingerprint density at radius 3 is 2.59 bits per heavy atom. The number of hydrogen-bond acceptors (Lipinski definition) is 3. The average Bonchev–Trinajstić information content (AvgIpc) is 2.28. The van der Waals surface area contributed by atoms with Crippen molar-refractivity contribution in [2.75, 3.05) is 13.7 Å². The highest BCUT2D eigenvalue weighted by atomic mass is 16.5. The number of ether oxygens (including phenoxy) is 1. The van der Waals surface area contributed by atoms with Crippen molar-refractivity contribution in [2.45, 2.75) is 32.2 Å². The third-order valence-electron chi connectivity index (χ3n) is 4.14. The third-order valence-corrected chi connectivity index (χ3v) is 4.14. The number of aryl methyl sites for hydroxylation is 1. The van der Waals surface area contributed by atoms with E-state index in [1.807, 2.05) is 12.1 Å². The smallest absolute Gasteiger partial charge is 0.123 e. The molecule has 3 heteroatoms. The minimum absolute atomic E-state index is 0.0175. The number of rotatable bonds is 4. The van der Waals surface area contributed by atoms with Crippen LogP contribution < -0.4 is 16.2 Å². The van der Waals surface area contributed by atoms with E-state index in [4.69, 9.17) is 16.2 Å². The van der Waals surface area contributed by atoms with Gasteiger partial charge in [-0.05, 0) is 32.4 Å². The van der Waals surface area contributed by atoms with Gasteiger partial charge in [0, 0.05) is 17.0 Å². The standard InChI is InChI=1S/C14H22N2O/c1-10-4-5-12(17-2)11(8-10)13(16)14(9-15)6-3-7-14/h4-5,8,13H,3,6-7,9,15-16H2,1-2H3. The van der Waals surface area contributed by atoms with Gasteiger partial charge in [0.25, 0.3) is 0 Å². The molecule has 1 aliphatic rings. The van der Waals surface area contributed by atoms with Crippen LogP contribution in [-0.2, 0) is 0 Å². The van der Waals surface area contributed by atoms with E-state index < -0.39 is 0 Å². The molecule has 3 nitrogen and oxygen atoms in total. The third kappa shape index (κ3) is 2.05. The summed E-state index contributed by atoms with van der Waals surface area (Å²) in [6.07, 6.45) is 3.49. The zero-order valence-corrected chi connectivity index (χ0v) is 10.7. The van der Waals surface area contributed by atoms with Crippen LogP contribution in [0.4, 0.5) is 0 Å². The van der Waals surface area contributed by atoms with Crippen molar-refractivity contribution in [3.8, 4) is 5.75 Å². The molecule has 94 valence electrons. The van der Waals surface area contributed by atoms with E-state index in [0.717, 1.165) is 24.2 Å². The zero-order chi connectivity index (χ0) is 12.5. The number of hydrogen-bond donors (Lipinski definition) is 2. The summed E-state index contributed by atoms with van der Waals surface area (Å²) in [4.78, 5) is 0. The molecule has 0 aliphatic heterocycles. The van der Waals surface area contributed by atoms with E-state index in [1.165, 1.54) is 12.0 Å². The molecule has 1 aromatic carbocycles.